The second-order valence-corrected chi connectivity index (χ2v) is 7.91. The molecule has 1 aliphatic heterocycles. The van der Waals surface area contributed by atoms with Gasteiger partial charge in [0.1, 0.15) is 0 Å². The monoisotopic (exact) mass is 305 g/mol. The lowest BCUT2D eigenvalue weighted by Gasteiger charge is -2.19. The maximum absolute atomic E-state index is 11.6. The van der Waals surface area contributed by atoms with Crippen LogP contribution in [0, 0.1) is 5.92 Å². The van der Waals surface area contributed by atoms with Crippen LogP contribution in [0.4, 0.5) is 0 Å². The predicted octanol–water partition coefficient (Wildman–Crippen LogP) is 1.56. The van der Waals surface area contributed by atoms with E-state index in [0.717, 1.165) is 29.3 Å². The summed E-state index contributed by atoms with van der Waals surface area (Å²) in [6.07, 6.45) is 3.26. The first-order chi connectivity index (χ1) is 10.1. The lowest BCUT2D eigenvalue weighted by atomic mass is 9.95. The molecule has 112 valence electrons. The van der Waals surface area contributed by atoms with E-state index in [4.69, 9.17) is 5.84 Å². The Balaban J connectivity index is 1.81. The Morgan fingerprint density at radius 3 is 2.90 bits per heavy atom. The van der Waals surface area contributed by atoms with E-state index in [1.165, 1.54) is 0 Å². The maximum Gasteiger partial charge on any atom is 0.150 e. The highest BCUT2D eigenvalue weighted by Crippen LogP contribution is 2.29. The van der Waals surface area contributed by atoms with Crippen molar-refractivity contribution >= 4 is 20.7 Å². The molecular formula is C15H19N3O2S. The van der Waals surface area contributed by atoms with E-state index in [0.29, 0.717) is 5.75 Å². The van der Waals surface area contributed by atoms with E-state index < -0.39 is 9.84 Å². The van der Waals surface area contributed by atoms with Crippen LogP contribution >= 0.6 is 0 Å². The standard InChI is InChI=1S/C15H19N3O2S/c16-18-15(7-11-5-6-21(19,20)10-11)13-8-12-3-1-2-4-14(12)17-9-13/h1-4,8-9,11,15,18H,5-7,10,16H2. The molecule has 0 saturated carbocycles. The Morgan fingerprint density at radius 1 is 1.38 bits per heavy atom. The zero-order valence-electron chi connectivity index (χ0n) is 11.7. The van der Waals surface area contributed by atoms with E-state index in [2.05, 4.69) is 16.5 Å². The lowest BCUT2D eigenvalue weighted by molar-refractivity contribution is 0.421. The molecule has 0 amide bonds. The Kier molecular flexibility index (Phi) is 3.93. The molecule has 2 aromatic rings. The molecular weight excluding hydrogens is 286 g/mol. The Bertz CT molecular complexity index is 745. The summed E-state index contributed by atoms with van der Waals surface area (Å²) < 4.78 is 23.1. The van der Waals surface area contributed by atoms with Crippen molar-refractivity contribution in [2.45, 2.75) is 18.9 Å². The molecule has 1 aromatic carbocycles. The fraction of sp³-hybridized carbons (Fsp3) is 0.400. The zero-order chi connectivity index (χ0) is 14.9. The molecule has 1 fully saturated rings. The fourth-order valence-electron chi connectivity index (χ4n) is 2.97. The molecule has 5 nitrogen and oxygen atoms in total. The van der Waals surface area contributed by atoms with Crippen LogP contribution in [0.1, 0.15) is 24.4 Å². The number of nitrogens with zero attached hydrogens (tertiary/aromatic N) is 1. The largest absolute Gasteiger partial charge is 0.271 e. The summed E-state index contributed by atoms with van der Waals surface area (Å²) >= 11 is 0. The number of aromatic nitrogens is 1. The highest BCUT2D eigenvalue weighted by Gasteiger charge is 2.30. The minimum absolute atomic E-state index is 0.0691. The normalized spacial score (nSPS) is 22.4. The third-order valence-electron chi connectivity index (χ3n) is 4.11. The first-order valence-corrected chi connectivity index (χ1v) is 8.91. The second-order valence-electron chi connectivity index (χ2n) is 5.69. The smallest absolute Gasteiger partial charge is 0.150 e. The van der Waals surface area contributed by atoms with E-state index in [-0.39, 0.29) is 17.7 Å². The summed E-state index contributed by atoms with van der Waals surface area (Å²) in [6.45, 7) is 0. The quantitative estimate of drug-likeness (QED) is 0.661. The highest BCUT2D eigenvalue weighted by molar-refractivity contribution is 7.91. The Morgan fingerprint density at radius 2 is 2.19 bits per heavy atom. The van der Waals surface area contributed by atoms with Crippen molar-refractivity contribution in [2.24, 2.45) is 11.8 Å². The Hall–Kier alpha value is -1.50. The van der Waals surface area contributed by atoms with Crippen LogP contribution in [0.15, 0.2) is 36.5 Å². The molecule has 3 rings (SSSR count). The summed E-state index contributed by atoms with van der Waals surface area (Å²) in [6, 6.07) is 9.91. The van der Waals surface area contributed by atoms with Crippen LogP contribution in [0.3, 0.4) is 0 Å². The van der Waals surface area contributed by atoms with Gasteiger partial charge in [-0.1, -0.05) is 18.2 Å². The molecule has 1 aromatic heterocycles. The van der Waals surface area contributed by atoms with Gasteiger partial charge < -0.3 is 0 Å². The van der Waals surface area contributed by atoms with Crippen molar-refractivity contribution in [3.8, 4) is 0 Å². The van der Waals surface area contributed by atoms with Crippen molar-refractivity contribution in [1.82, 2.24) is 10.4 Å². The van der Waals surface area contributed by atoms with Gasteiger partial charge >= 0.3 is 0 Å². The van der Waals surface area contributed by atoms with Crippen molar-refractivity contribution in [3.05, 3.63) is 42.1 Å². The van der Waals surface area contributed by atoms with Gasteiger partial charge in [0, 0.05) is 17.6 Å². The lowest BCUT2D eigenvalue weighted by Crippen LogP contribution is -2.30. The molecule has 2 heterocycles. The molecule has 1 aliphatic rings. The molecule has 1 saturated heterocycles. The molecule has 2 unspecified atom stereocenters. The van der Waals surface area contributed by atoms with Crippen molar-refractivity contribution < 1.29 is 8.42 Å². The number of hydrogen-bond donors (Lipinski definition) is 2. The number of hydrogen-bond acceptors (Lipinski definition) is 5. The zero-order valence-corrected chi connectivity index (χ0v) is 12.5. The maximum atomic E-state index is 11.6. The highest BCUT2D eigenvalue weighted by atomic mass is 32.2. The predicted molar refractivity (Wildman–Crippen MR) is 83.2 cm³/mol. The van der Waals surface area contributed by atoms with Gasteiger partial charge in [-0.3, -0.25) is 16.3 Å². The van der Waals surface area contributed by atoms with Crippen molar-refractivity contribution in [1.29, 1.82) is 0 Å². The van der Waals surface area contributed by atoms with Crippen LogP contribution in [0.2, 0.25) is 0 Å². The topological polar surface area (TPSA) is 85.1 Å². The molecule has 6 heteroatoms. The van der Waals surface area contributed by atoms with Crippen molar-refractivity contribution in [3.63, 3.8) is 0 Å². The first-order valence-electron chi connectivity index (χ1n) is 7.08. The number of nitrogens with one attached hydrogen (secondary N) is 1. The number of fused-ring (bicyclic) bond motifs is 1. The number of benzene rings is 1. The van der Waals surface area contributed by atoms with Gasteiger partial charge in [0.05, 0.1) is 17.0 Å². The summed E-state index contributed by atoms with van der Waals surface area (Å²) in [5.41, 5.74) is 4.75. The van der Waals surface area contributed by atoms with Crippen molar-refractivity contribution in [2.75, 3.05) is 11.5 Å². The molecule has 0 radical (unpaired) electrons. The summed E-state index contributed by atoms with van der Waals surface area (Å²) in [5, 5.41) is 1.06. The molecule has 0 aliphatic carbocycles. The molecule has 2 atom stereocenters. The molecule has 21 heavy (non-hydrogen) atoms. The van der Waals surface area contributed by atoms with Crippen LogP contribution in [0.5, 0.6) is 0 Å². The minimum Gasteiger partial charge on any atom is -0.271 e. The van der Waals surface area contributed by atoms with E-state index in [1.54, 1.807) is 0 Å². The minimum atomic E-state index is -2.85. The Labute approximate surface area is 124 Å². The average Bonchev–Trinajstić information content (AvgIpc) is 2.83. The summed E-state index contributed by atoms with van der Waals surface area (Å²) in [5.74, 6) is 6.40. The van der Waals surface area contributed by atoms with Gasteiger partial charge in [-0.2, -0.15) is 0 Å². The molecule has 3 N–H and O–H groups in total. The number of rotatable bonds is 4. The van der Waals surface area contributed by atoms with E-state index in [9.17, 15) is 8.42 Å². The summed E-state index contributed by atoms with van der Waals surface area (Å²) in [7, 11) is -2.85. The number of sulfone groups is 1. The van der Waals surface area contributed by atoms with Gasteiger partial charge in [-0.25, -0.2) is 8.42 Å². The van der Waals surface area contributed by atoms with Crippen LogP contribution in [-0.4, -0.2) is 24.9 Å². The SMILES string of the molecule is NNC(CC1CCS(=O)(=O)C1)c1cnc2ccccc2c1. The van der Waals surface area contributed by atoms with Gasteiger partial charge in [0.25, 0.3) is 0 Å². The third-order valence-corrected chi connectivity index (χ3v) is 5.95. The van der Waals surface area contributed by atoms with Gasteiger partial charge in [-0.05, 0) is 36.5 Å². The van der Waals surface area contributed by atoms with E-state index >= 15 is 0 Å². The number of pyridine rings is 1. The third kappa shape index (κ3) is 3.23. The number of nitrogens with two attached hydrogens (primary N) is 1. The summed E-state index contributed by atoms with van der Waals surface area (Å²) in [4.78, 5) is 4.44. The van der Waals surface area contributed by atoms with Gasteiger partial charge in [0.15, 0.2) is 9.84 Å². The van der Waals surface area contributed by atoms with Gasteiger partial charge in [-0.15, -0.1) is 0 Å². The van der Waals surface area contributed by atoms with Crippen LogP contribution in [0.25, 0.3) is 10.9 Å². The molecule has 0 bridgehead atoms. The average molecular weight is 305 g/mol. The number of para-hydroxylation sites is 1. The first kappa shape index (κ1) is 14.4. The fourth-order valence-corrected chi connectivity index (χ4v) is 4.85. The second kappa shape index (κ2) is 5.71. The number of hydrazine groups is 1. The van der Waals surface area contributed by atoms with Crippen LogP contribution < -0.4 is 11.3 Å². The van der Waals surface area contributed by atoms with Crippen LogP contribution in [-0.2, 0) is 9.84 Å². The molecule has 0 spiro atoms. The van der Waals surface area contributed by atoms with E-state index in [1.807, 2.05) is 30.5 Å². The van der Waals surface area contributed by atoms with Gasteiger partial charge in [0.2, 0.25) is 0 Å².